The summed E-state index contributed by atoms with van der Waals surface area (Å²) in [5, 5.41) is 5.35. The van der Waals surface area contributed by atoms with Crippen LogP contribution < -0.4 is 5.32 Å². The first-order chi connectivity index (χ1) is 10.1. The third kappa shape index (κ3) is 3.24. The minimum absolute atomic E-state index is 0.00787. The number of carbonyl (C=O) groups is 1. The molecule has 1 fully saturated rings. The normalized spacial score (nSPS) is 17.0. The molecule has 0 radical (unpaired) electrons. The van der Waals surface area contributed by atoms with E-state index in [1.807, 2.05) is 23.9 Å². The molecule has 1 N–H and O–H groups in total. The van der Waals surface area contributed by atoms with E-state index in [1.54, 1.807) is 11.3 Å². The zero-order valence-electron chi connectivity index (χ0n) is 12.0. The Labute approximate surface area is 137 Å². The van der Waals surface area contributed by atoms with Gasteiger partial charge in [-0.15, -0.1) is 11.3 Å². The van der Waals surface area contributed by atoms with Crippen LogP contribution in [0, 0.1) is 5.92 Å². The van der Waals surface area contributed by atoms with Gasteiger partial charge in [0.1, 0.15) is 5.69 Å². The fourth-order valence-corrected chi connectivity index (χ4v) is 4.54. The zero-order valence-corrected chi connectivity index (χ0v) is 14.4. The number of nitrogens with one attached hydrogen (secondary N) is 1. The van der Waals surface area contributed by atoms with Gasteiger partial charge in [-0.1, -0.05) is 18.9 Å². The Hall–Kier alpha value is -1.07. The third-order valence-corrected chi connectivity index (χ3v) is 5.60. The molecule has 0 bridgehead atoms. The van der Waals surface area contributed by atoms with Crippen LogP contribution in [0.2, 0.25) is 0 Å². The molecule has 0 spiro atoms. The predicted octanol–water partition coefficient (Wildman–Crippen LogP) is 4.51. The highest BCUT2D eigenvalue weighted by Crippen LogP contribution is 2.37. The number of nitrogens with zero attached hydrogens (tertiary/aromatic N) is 1. The van der Waals surface area contributed by atoms with Crippen molar-refractivity contribution in [1.29, 1.82) is 0 Å². The highest BCUT2D eigenvalue weighted by Gasteiger charge is 2.29. The Morgan fingerprint density at radius 1 is 1.48 bits per heavy atom. The second-order valence-corrected chi connectivity index (χ2v) is 7.56. The molecule has 0 aromatic carbocycles. The molecule has 1 saturated carbocycles. The molecule has 1 amide bonds. The molecular formula is C16H19BrN2OS. The molecule has 3 nitrogen and oxygen atoms in total. The van der Waals surface area contributed by atoms with E-state index in [0.717, 1.165) is 4.47 Å². The van der Waals surface area contributed by atoms with Gasteiger partial charge in [0.05, 0.1) is 6.04 Å². The van der Waals surface area contributed by atoms with Crippen molar-refractivity contribution in [2.75, 3.05) is 0 Å². The number of aryl methyl sites for hydroxylation is 1. The van der Waals surface area contributed by atoms with Crippen molar-refractivity contribution < 1.29 is 4.79 Å². The Balaban J connectivity index is 1.81. The molecule has 1 aliphatic rings. The first-order valence-electron chi connectivity index (χ1n) is 7.31. The Morgan fingerprint density at radius 2 is 2.24 bits per heavy atom. The lowest BCUT2D eigenvalue weighted by molar-refractivity contribution is 0.0914. The summed E-state index contributed by atoms with van der Waals surface area (Å²) in [4.78, 5) is 13.9. The Morgan fingerprint density at radius 3 is 2.81 bits per heavy atom. The van der Waals surface area contributed by atoms with Crippen molar-refractivity contribution in [3.8, 4) is 0 Å². The van der Waals surface area contributed by atoms with E-state index >= 15 is 0 Å². The average molecular weight is 367 g/mol. The van der Waals surface area contributed by atoms with E-state index in [-0.39, 0.29) is 11.9 Å². The van der Waals surface area contributed by atoms with Crippen LogP contribution in [0.1, 0.15) is 47.1 Å². The van der Waals surface area contributed by atoms with Gasteiger partial charge in [-0.3, -0.25) is 4.79 Å². The average Bonchev–Trinajstić information content (AvgIpc) is 3.17. The SMILES string of the molecule is Cn1cc(Br)cc1C(=O)NC(c1cccs1)C1CCCC1. The van der Waals surface area contributed by atoms with E-state index in [2.05, 4.69) is 38.8 Å². The van der Waals surface area contributed by atoms with Gasteiger partial charge in [-0.25, -0.2) is 0 Å². The molecule has 1 unspecified atom stereocenters. The molecule has 2 aromatic heterocycles. The Kier molecular flexibility index (Phi) is 4.50. The van der Waals surface area contributed by atoms with Crippen LogP contribution in [-0.2, 0) is 7.05 Å². The van der Waals surface area contributed by atoms with E-state index in [9.17, 15) is 4.79 Å². The first kappa shape index (κ1) is 14.9. The maximum absolute atomic E-state index is 12.6. The molecule has 1 aliphatic carbocycles. The van der Waals surface area contributed by atoms with Crippen LogP contribution in [0.15, 0.2) is 34.2 Å². The molecule has 5 heteroatoms. The Bertz CT molecular complexity index is 614. The summed E-state index contributed by atoms with van der Waals surface area (Å²) in [5.41, 5.74) is 0.696. The fourth-order valence-electron chi connectivity index (χ4n) is 3.15. The minimum Gasteiger partial charge on any atom is -0.345 e. The van der Waals surface area contributed by atoms with Gasteiger partial charge < -0.3 is 9.88 Å². The molecule has 1 atom stereocenters. The van der Waals surface area contributed by atoms with E-state index in [1.165, 1.54) is 30.6 Å². The van der Waals surface area contributed by atoms with Gasteiger partial charge in [-0.2, -0.15) is 0 Å². The summed E-state index contributed by atoms with van der Waals surface area (Å²) in [7, 11) is 1.90. The number of thiophene rings is 1. The second kappa shape index (κ2) is 6.36. The molecule has 2 heterocycles. The van der Waals surface area contributed by atoms with E-state index in [0.29, 0.717) is 11.6 Å². The summed E-state index contributed by atoms with van der Waals surface area (Å²) in [6.07, 6.45) is 6.88. The summed E-state index contributed by atoms with van der Waals surface area (Å²) in [5.74, 6) is 0.574. The number of amides is 1. The molecule has 112 valence electrons. The largest absolute Gasteiger partial charge is 0.345 e. The van der Waals surface area contributed by atoms with E-state index in [4.69, 9.17) is 0 Å². The van der Waals surface area contributed by atoms with Crippen LogP contribution in [0.5, 0.6) is 0 Å². The van der Waals surface area contributed by atoms with E-state index < -0.39 is 0 Å². The number of hydrogen-bond acceptors (Lipinski definition) is 2. The zero-order chi connectivity index (χ0) is 14.8. The lowest BCUT2D eigenvalue weighted by atomic mass is 9.96. The maximum Gasteiger partial charge on any atom is 0.268 e. The maximum atomic E-state index is 12.6. The monoisotopic (exact) mass is 366 g/mol. The van der Waals surface area contributed by atoms with Crippen molar-refractivity contribution in [3.05, 3.63) is 44.8 Å². The fraction of sp³-hybridized carbons (Fsp3) is 0.438. The van der Waals surface area contributed by atoms with Crippen molar-refractivity contribution in [3.63, 3.8) is 0 Å². The first-order valence-corrected chi connectivity index (χ1v) is 8.98. The number of carbonyl (C=O) groups excluding carboxylic acids is 1. The minimum atomic E-state index is 0.00787. The second-order valence-electron chi connectivity index (χ2n) is 5.67. The van der Waals surface area contributed by atoms with Gasteiger partial charge in [0.2, 0.25) is 0 Å². The summed E-state index contributed by atoms with van der Waals surface area (Å²) in [6.45, 7) is 0. The highest BCUT2D eigenvalue weighted by atomic mass is 79.9. The van der Waals surface area contributed by atoms with Crippen LogP contribution in [0.4, 0.5) is 0 Å². The standard InChI is InChI=1S/C16H19BrN2OS/c1-19-10-12(17)9-13(19)16(20)18-15(11-5-2-3-6-11)14-7-4-8-21-14/h4,7-11,15H,2-3,5-6H2,1H3,(H,18,20). The van der Waals surface area contributed by atoms with Crippen LogP contribution in [-0.4, -0.2) is 10.5 Å². The summed E-state index contributed by atoms with van der Waals surface area (Å²) < 4.78 is 2.79. The number of aromatic nitrogens is 1. The number of halogens is 1. The van der Waals surface area contributed by atoms with Crippen molar-refractivity contribution >= 4 is 33.2 Å². The van der Waals surface area contributed by atoms with Crippen molar-refractivity contribution in [1.82, 2.24) is 9.88 Å². The summed E-state index contributed by atoms with van der Waals surface area (Å²) >= 11 is 5.16. The molecular weight excluding hydrogens is 348 g/mol. The summed E-state index contributed by atoms with van der Waals surface area (Å²) in [6, 6.07) is 6.21. The van der Waals surface area contributed by atoms with Crippen molar-refractivity contribution in [2.45, 2.75) is 31.7 Å². The topological polar surface area (TPSA) is 34.0 Å². The molecule has 2 aromatic rings. The van der Waals surface area contributed by atoms with Crippen molar-refractivity contribution in [2.24, 2.45) is 13.0 Å². The third-order valence-electron chi connectivity index (χ3n) is 4.21. The molecule has 21 heavy (non-hydrogen) atoms. The lowest BCUT2D eigenvalue weighted by Crippen LogP contribution is -2.33. The predicted molar refractivity (Wildman–Crippen MR) is 89.6 cm³/mol. The lowest BCUT2D eigenvalue weighted by Gasteiger charge is -2.23. The number of hydrogen-bond donors (Lipinski definition) is 1. The smallest absolute Gasteiger partial charge is 0.268 e. The van der Waals surface area contributed by atoms with Crippen LogP contribution >= 0.6 is 27.3 Å². The highest BCUT2D eigenvalue weighted by molar-refractivity contribution is 9.10. The quantitative estimate of drug-likeness (QED) is 0.848. The molecule has 0 aliphatic heterocycles. The van der Waals surface area contributed by atoms with Crippen LogP contribution in [0.3, 0.4) is 0 Å². The van der Waals surface area contributed by atoms with Gasteiger partial charge >= 0.3 is 0 Å². The number of rotatable bonds is 4. The molecule has 0 saturated heterocycles. The van der Waals surface area contributed by atoms with Gasteiger partial charge in [0.25, 0.3) is 5.91 Å². The van der Waals surface area contributed by atoms with Gasteiger partial charge in [-0.05, 0) is 52.2 Å². The van der Waals surface area contributed by atoms with Gasteiger partial charge in [0.15, 0.2) is 0 Å². The van der Waals surface area contributed by atoms with Crippen LogP contribution in [0.25, 0.3) is 0 Å². The van der Waals surface area contributed by atoms with Gasteiger partial charge in [0, 0.05) is 22.6 Å². The molecule has 3 rings (SSSR count).